The van der Waals surface area contributed by atoms with E-state index in [1.54, 1.807) is 0 Å². The fourth-order valence-corrected chi connectivity index (χ4v) is 1.98. The Morgan fingerprint density at radius 3 is 2.86 bits per heavy atom. The van der Waals surface area contributed by atoms with Crippen molar-refractivity contribution in [3.8, 4) is 0 Å². The summed E-state index contributed by atoms with van der Waals surface area (Å²) in [7, 11) is 0. The molecule has 1 unspecified atom stereocenters. The zero-order chi connectivity index (χ0) is 15.4. The maximum absolute atomic E-state index is 12.1. The molecule has 0 spiro atoms. The van der Waals surface area contributed by atoms with Crippen molar-refractivity contribution < 1.29 is 9.90 Å². The van der Waals surface area contributed by atoms with Gasteiger partial charge in [-0.3, -0.25) is 4.79 Å². The third kappa shape index (κ3) is 3.88. The standard InChI is InChI=1S/C15H20N4O2/c1-4-12(20)8-19-9-14(17-18-19)15(21)16-13-6-5-10(2)7-11(13)3/h5-7,9,12,20H,4,8H2,1-3H3,(H,16,21). The molecule has 6 heteroatoms. The Hall–Kier alpha value is -2.21. The lowest BCUT2D eigenvalue weighted by atomic mass is 10.1. The molecule has 0 fully saturated rings. The lowest BCUT2D eigenvalue weighted by Crippen LogP contribution is -2.15. The summed E-state index contributed by atoms with van der Waals surface area (Å²) in [6, 6.07) is 5.81. The van der Waals surface area contributed by atoms with Gasteiger partial charge in [-0.15, -0.1) is 5.10 Å². The Balaban J connectivity index is 2.06. The molecule has 1 aromatic carbocycles. The second-order valence-corrected chi connectivity index (χ2v) is 5.16. The van der Waals surface area contributed by atoms with Crippen molar-refractivity contribution in [2.24, 2.45) is 0 Å². The highest BCUT2D eigenvalue weighted by Crippen LogP contribution is 2.16. The number of aromatic nitrogens is 3. The van der Waals surface area contributed by atoms with Crippen LogP contribution in [0.25, 0.3) is 0 Å². The minimum atomic E-state index is -0.484. The van der Waals surface area contributed by atoms with Crippen LogP contribution in [-0.4, -0.2) is 32.1 Å². The molecule has 1 amide bonds. The van der Waals surface area contributed by atoms with Crippen molar-refractivity contribution in [2.75, 3.05) is 5.32 Å². The summed E-state index contributed by atoms with van der Waals surface area (Å²) in [6.07, 6.45) is 1.68. The molecular formula is C15H20N4O2. The summed E-state index contributed by atoms with van der Waals surface area (Å²) in [4.78, 5) is 12.1. The van der Waals surface area contributed by atoms with Gasteiger partial charge in [-0.2, -0.15) is 0 Å². The quantitative estimate of drug-likeness (QED) is 0.881. The van der Waals surface area contributed by atoms with E-state index in [-0.39, 0.29) is 11.6 Å². The maximum atomic E-state index is 12.1. The number of nitrogens with zero attached hydrogens (tertiary/aromatic N) is 3. The van der Waals surface area contributed by atoms with Crippen LogP contribution in [-0.2, 0) is 6.54 Å². The summed E-state index contributed by atoms with van der Waals surface area (Å²) in [5.41, 5.74) is 3.13. The number of carbonyl (C=O) groups excluding carboxylic acids is 1. The van der Waals surface area contributed by atoms with E-state index in [0.29, 0.717) is 13.0 Å². The fraction of sp³-hybridized carbons (Fsp3) is 0.400. The molecule has 6 nitrogen and oxygen atoms in total. The first kappa shape index (κ1) is 15.2. The molecule has 2 aromatic rings. The lowest BCUT2D eigenvalue weighted by molar-refractivity contribution is 0.102. The molecule has 0 saturated heterocycles. The van der Waals surface area contributed by atoms with Gasteiger partial charge in [0.2, 0.25) is 0 Å². The van der Waals surface area contributed by atoms with Crippen LogP contribution < -0.4 is 5.32 Å². The molecule has 0 aliphatic rings. The van der Waals surface area contributed by atoms with Crippen LogP contribution in [0.4, 0.5) is 5.69 Å². The maximum Gasteiger partial charge on any atom is 0.277 e. The van der Waals surface area contributed by atoms with Gasteiger partial charge in [0.25, 0.3) is 5.91 Å². The van der Waals surface area contributed by atoms with Gasteiger partial charge in [0.1, 0.15) is 0 Å². The summed E-state index contributed by atoms with van der Waals surface area (Å²) in [6.45, 7) is 6.16. The highest BCUT2D eigenvalue weighted by Gasteiger charge is 2.13. The van der Waals surface area contributed by atoms with Crippen LogP contribution in [0.15, 0.2) is 24.4 Å². The predicted molar refractivity (Wildman–Crippen MR) is 80.2 cm³/mol. The molecule has 2 rings (SSSR count). The topological polar surface area (TPSA) is 80.0 Å². The summed E-state index contributed by atoms with van der Waals surface area (Å²) in [5.74, 6) is -0.306. The number of aliphatic hydroxyl groups is 1. The Bertz CT molecular complexity index is 636. The minimum Gasteiger partial charge on any atom is -0.391 e. The van der Waals surface area contributed by atoms with Crippen molar-refractivity contribution in [1.29, 1.82) is 0 Å². The summed E-state index contributed by atoms with van der Waals surface area (Å²) >= 11 is 0. The second-order valence-electron chi connectivity index (χ2n) is 5.16. The lowest BCUT2D eigenvalue weighted by Gasteiger charge is -2.07. The van der Waals surface area contributed by atoms with Crippen LogP contribution in [0.3, 0.4) is 0 Å². The molecule has 2 N–H and O–H groups in total. The van der Waals surface area contributed by atoms with E-state index in [1.165, 1.54) is 10.9 Å². The third-order valence-corrected chi connectivity index (χ3v) is 3.27. The fourth-order valence-electron chi connectivity index (χ4n) is 1.98. The van der Waals surface area contributed by atoms with E-state index in [9.17, 15) is 9.90 Å². The third-order valence-electron chi connectivity index (χ3n) is 3.27. The van der Waals surface area contributed by atoms with Crippen LogP contribution >= 0.6 is 0 Å². The Morgan fingerprint density at radius 1 is 1.43 bits per heavy atom. The van der Waals surface area contributed by atoms with Gasteiger partial charge < -0.3 is 10.4 Å². The van der Waals surface area contributed by atoms with Crippen molar-refractivity contribution >= 4 is 11.6 Å². The highest BCUT2D eigenvalue weighted by molar-refractivity contribution is 6.03. The van der Waals surface area contributed by atoms with Gasteiger partial charge in [-0.25, -0.2) is 4.68 Å². The van der Waals surface area contributed by atoms with Gasteiger partial charge in [0.15, 0.2) is 5.69 Å². The van der Waals surface area contributed by atoms with Crippen LogP contribution in [0, 0.1) is 13.8 Å². The van der Waals surface area contributed by atoms with E-state index in [4.69, 9.17) is 0 Å². The van der Waals surface area contributed by atoms with Crippen LogP contribution in [0.5, 0.6) is 0 Å². The van der Waals surface area contributed by atoms with E-state index >= 15 is 0 Å². The number of rotatable bonds is 5. The number of nitrogens with one attached hydrogen (secondary N) is 1. The first-order valence-corrected chi connectivity index (χ1v) is 6.96. The molecule has 1 atom stereocenters. The zero-order valence-corrected chi connectivity index (χ0v) is 12.5. The molecule has 0 bridgehead atoms. The van der Waals surface area contributed by atoms with Crippen molar-refractivity contribution in [3.63, 3.8) is 0 Å². The summed E-state index contributed by atoms with van der Waals surface area (Å²) in [5, 5.41) is 20.1. The Kier molecular flexibility index (Phi) is 4.70. The molecule has 0 radical (unpaired) electrons. The molecular weight excluding hydrogens is 268 g/mol. The smallest absolute Gasteiger partial charge is 0.277 e. The SMILES string of the molecule is CCC(O)Cn1cc(C(=O)Nc2ccc(C)cc2C)nn1. The molecule has 1 aromatic heterocycles. The van der Waals surface area contributed by atoms with Gasteiger partial charge in [0, 0.05) is 5.69 Å². The van der Waals surface area contributed by atoms with Crippen LogP contribution in [0.1, 0.15) is 35.0 Å². The number of aryl methyl sites for hydroxylation is 2. The van der Waals surface area contributed by atoms with Crippen LogP contribution in [0.2, 0.25) is 0 Å². The first-order chi connectivity index (χ1) is 9.99. The number of anilines is 1. The average Bonchev–Trinajstić information content (AvgIpc) is 2.90. The monoisotopic (exact) mass is 288 g/mol. The van der Waals surface area contributed by atoms with E-state index in [2.05, 4.69) is 15.6 Å². The Labute approximate surface area is 123 Å². The number of amides is 1. The van der Waals surface area contributed by atoms with Gasteiger partial charge in [0.05, 0.1) is 18.8 Å². The minimum absolute atomic E-state index is 0.235. The van der Waals surface area contributed by atoms with E-state index < -0.39 is 6.10 Å². The zero-order valence-electron chi connectivity index (χ0n) is 12.5. The van der Waals surface area contributed by atoms with Crippen molar-refractivity contribution in [3.05, 3.63) is 41.2 Å². The molecule has 0 aliphatic carbocycles. The molecule has 21 heavy (non-hydrogen) atoms. The van der Waals surface area contributed by atoms with E-state index in [0.717, 1.165) is 16.8 Å². The second kappa shape index (κ2) is 6.49. The number of hydrogen-bond acceptors (Lipinski definition) is 4. The van der Waals surface area contributed by atoms with Crippen molar-refractivity contribution in [2.45, 2.75) is 39.8 Å². The van der Waals surface area contributed by atoms with Gasteiger partial charge >= 0.3 is 0 Å². The van der Waals surface area contributed by atoms with Gasteiger partial charge in [-0.05, 0) is 31.9 Å². The van der Waals surface area contributed by atoms with Crippen molar-refractivity contribution in [1.82, 2.24) is 15.0 Å². The summed E-state index contributed by atoms with van der Waals surface area (Å²) < 4.78 is 1.48. The first-order valence-electron chi connectivity index (χ1n) is 6.96. The number of aliphatic hydroxyl groups excluding tert-OH is 1. The predicted octanol–water partition coefficient (Wildman–Crippen LogP) is 1.92. The number of benzene rings is 1. The largest absolute Gasteiger partial charge is 0.391 e. The molecule has 0 saturated carbocycles. The number of hydrogen-bond donors (Lipinski definition) is 2. The normalized spacial score (nSPS) is 12.2. The molecule has 112 valence electrons. The van der Waals surface area contributed by atoms with Gasteiger partial charge in [-0.1, -0.05) is 29.8 Å². The van der Waals surface area contributed by atoms with E-state index in [1.807, 2.05) is 39.0 Å². The molecule has 1 heterocycles. The highest BCUT2D eigenvalue weighted by atomic mass is 16.3. The average molecular weight is 288 g/mol. The molecule has 0 aliphatic heterocycles. The number of carbonyl (C=O) groups is 1. The Morgan fingerprint density at radius 2 is 2.19 bits per heavy atom.